The van der Waals surface area contributed by atoms with Crippen LogP contribution in [0.15, 0.2) is 42.5 Å². The molecule has 0 saturated heterocycles. The molecule has 1 unspecified atom stereocenters. The van der Waals surface area contributed by atoms with Crippen molar-refractivity contribution in [3.05, 3.63) is 48.0 Å². The number of hydrogen-bond acceptors (Lipinski definition) is 2. The summed E-state index contributed by atoms with van der Waals surface area (Å²) in [5.41, 5.74) is 13.6. The smallest absolute Gasteiger partial charge is 0.0364 e. The van der Waals surface area contributed by atoms with E-state index in [9.17, 15) is 0 Å². The van der Waals surface area contributed by atoms with E-state index in [1.54, 1.807) is 0 Å². The second-order valence-corrected chi connectivity index (χ2v) is 5.15. The second kappa shape index (κ2) is 3.83. The summed E-state index contributed by atoms with van der Waals surface area (Å²) in [5, 5.41) is 2.52. The minimum atomic E-state index is 0.0807. The van der Waals surface area contributed by atoms with Gasteiger partial charge in [0, 0.05) is 11.5 Å². The molecule has 1 atom stereocenters. The lowest BCUT2D eigenvalue weighted by molar-refractivity contribution is 0.419. The van der Waals surface area contributed by atoms with Crippen molar-refractivity contribution in [1.29, 1.82) is 0 Å². The average Bonchev–Trinajstić information content (AvgIpc) is 3.18. The van der Waals surface area contributed by atoms with Gasteiger partial charge < -0.3 is 11.5 Å². The van der Waals surface area contributed by atoms with Gasteiger partial charge in [-0.15, -0.1) is 0 Å². The summed E-state index contributed by atoms with van der Waals surface area (Å²) in [5.74, 6) is 0. The quantitative estimate of drug-likeness (QED) is 0.845. The molecule has 17 heavy (non-hydrogen) atoms. The van der Waals surface area contributed by atoms with E-state index in [-0.39, 0.29) is 11.5 Å². The maximum Gasteiger partial charge on any atom is 0.0364 e. The Bertz CT molecular complexity index is 543. The summed E-state index contributed by atoms with van der Waals surface area (Å²) < 4.78 is 0. The number of fused-ring (bicyclic) bond motifs is 1. The van der Waals surface area contributed by atoms with E-state index in [1.807, 2.05) is 0 Å². The summed E-state index contributed by atoms with van der Waals surface area (Å²) in [7, 11) is 0. The van der Waals surface area contributed by atoms with E-state index >= 15 is 0 Å². The predicted molar refractivity (Wildman–Crippen MR) is 71.6 cm³/mol. The van der Waals surface area contributed by atoms with Crippen LogP contribution in [0.25, 0.3) is 10.8 Å². The van der Waals surface area contributed by atoms with E-state index < -0.39 is 0 Å². The zero-order valence-corrected chi connectivity index (χ0v) is 9.89. The number of rotatable bonds is 3. The Morgan fingerprint density at radius 1 is 1.06 bits per heavy atom. The first-order valence-electron chi connectivity index (χ1n) is 6.19. The maximum atomic E-state index is 6.36. The number of benzene rings is 2. The summed E-state index contributed by atoms with van der Waals surface area (Å²) in [6.07, 6.45) is 2.33. The van der Waals surface area contributed by atoms with Crippen LogP contribution in [-0.4, -0.2) is 6.54 Å². The van der Waals surface area contributed by atoms with Crippen molar-refractivity contribution in [1.82, 2.24) is 0 Å². The minimum Gasteiger partial charge on any atom is -0.330 e. The molecule has 2 nitrogen and oxygen atoms in total. The first-order valence-corrected chi connectivity index (χ1v) is 6.19. The van der Waals surface area contributed by atoms with Gasteiger partial charge in [-0.05, 0) is 41.8 Å². The van der Waals surface area contributed by atoms with Crippen molar-refractivity contribution in [3.63, 3.8) is 0 Å². The highest BCUT2D eigenvalue weighted by molar-refractivity contribution is 5.83. The van der Waals surface area contributed by atoms with Gasteiger partial charge in [0.25, 0.3) is 0 Å². The highest BCUT2D eigenvalue weighted by Gasteiger charge is 2.47. The van der Waals surface area contributed by atoms with Crippen LogP contribution in [0.3, 0.4) is 0 Å². The maximum absolute atomic E-state index is 6.36. The van der Waals surface area contributed by atoms with E-state index in [1.165, 1.54) is 16.3 Å². The molecule has 2 heteroatoms. The molecule has 1 aliphatic carbocycles. The summed E-state index contributed by atoms with van der Waals surface area (Å²) >= 11 is 0. The Kier molecular flexibility index (Phi) is 2.42. The topological polar surface area (TPSA) is 52.0 Å². The molecule has 0 radical (unpaired) electrons. The molecule has 4 N–H and O–H groups in total. The summed E-state index contributed by atoms with van der Waals surface area (Å²) in [6.45, 7) is 0.695. The third-order valence-electron chi connectivity index (χ3n) is 4.09. The van der Waals surface area contributed by atoms with Crippen LogP contribution in [0.4, 0.5) is 0 Å². The second-order valence-electron chi connectivity index (χ2n) is 5.15. The summed E-state index contributed by atoms with van der Waals surface area (Å²) in [4.78, 5) is 0. The van der Waals surface area contributed by atoms with Crippen LogP contribution < -0.4 is 11.5 Å². The Balaban J connectivity index is 2.00. The first kappa shape index (κ1) is 10.8. The van der Waals surface area contributed by atoms with E-state index in [0.29, 0.717) is 6.54 Å². The molecule has 3 rings (SSSR count). The van der Waals surface area contributed by atoms with Crippen molar-refractivity contribution in [2.24, 2.45) is 16.9 Å². The average molecular weight is 226 g/mol. The molecule has 0 spiro atoms. The monoisotopic (exact) mass is 226 g/mol. The number of hydrogen-bond donors (Lipinski definition) is 2. The van der Waals surface area contributed by atoms with Crippen LogP contribution in [-0.2, 0) is 0 Å². The fourth-order valence-corrected chi connectivity index (χ4v) is 2.56. The van der Waals surface area contributed by atoms with Gasteiger partial charge in [0.1, 0.15) is 0 Å². The van der Waals surface area contributed by atoms with E-state index in [0.717, 1.165) is 12.8 Å². The van der Waals surface area contributed by atoms with Gasteiger partial charge in [0.05, 0.1) is 0 Å². The number of nitrogens with two attached hydrogens (primary N) is 2. The lowest BCUT2D eigenvalue weighted by Crippen LogP contribution is -2.29. The predicted octanol–water partition coefficient (Wildman–Crippen LogP) is 2.58. The van der Waals surface area contributed by atoms with Gasteiger partial charge >= 0.3 is 0 Å². The lowest BCUT2D eigenvalue weighted by Gasteiger charge is -2.22. The molecule has 1 aliphatic rings. The normalized spacial score (nSPS) is 19.2. The van der Waals surface area contributed by atoms with Crippen LogP contribution in [0.1, 0.15) is 24.4 Å². The van der Waals surface area contributed by atoms with Gasteiger partial charge in [0.15, 0.2) is 0 Å². The van der Waals surface area contributed by atoms with Gasteiger partial charge in [0.2, 0.25) is 0 Å². The fourth-order valence-electron chi connectivity index (χ4n) is 2.56. The highest BCUT2D eigenvalue weighted by Crippen LogP contribution is 2.53. The van der Waals surface area contributed by atoms with Crippen molar-refractivity contribution >= 4 is 10.8 Å². The molecule has 0 bridgehead atoms. The van der Waals surface area contributed by atoms with Crippen molar-refractivity contribution in [2.45, 2.75) is 18.9 Å². The molecular weight excluding hydrogens is 208 g/mol. The fraction of sp³-hybridized carbons (Fsp3) is 0.333. The van der Waals surface area contributed by atoms with Gasteiger partial charge in [-0.1, -0.05) is 36.4 Å². The minimum absolute atomic E-state index is 0.0807. The zero-order chi connectivity index (χ0) is 11.9. The van der Waals surface area contributed by atoms with Crippen molar-refractivity contribution < 1.29 is 0 Å². The molecule has 88 valence electrons. The standard InChI is InChI=1S/C15H18N2/c16-10-15(7-8-15)14(17)13-6-5-11-3-1-2-4-12(11)9-13/h1-6,9,14H,7-8,10,16-17H2. The van der Waals surface area contributed by atoms with E-state index in [2.05, 4.69) is 42.5 Å². The Morgan fingerprint density at radius 2 is 1.76 bits per heavy atom. The third-order valence-corrected chi connectivity index (χ3v) is 4.09. The summed E-state index contributed by atoms with van der Waals surface area (Å²) in [6, 6.07) is 15.0. The van der Waals surface area contributed by atoms with E-state index in [4.69, 9.17) is 11.5 Å². The molecule has 2 aromatic rings. The van der Waals surface area contributed by atoms with Crippen LogP contribution in [0, 0.1) is 5.41 Å². The van der Waals surface area contributed by atoms with Gasteiger partial charge in [-0.2, -0.15) is 0 Å². The lowest BCUT2D eigenvalue weighted by atomic mass is 9.90. The molecule has 1 saturated carbocycles. The van der Waals surface area contributed by atoms with Crippen LogP contribution in [0.5, 0.6) is 0 Å². The van der Waals surface area contributed by atoms with Gasteiger partial charge in [-0.3, -0.25) is 0 Å². The van der Waals surface area contributed by atoms with Crippen molar-refractivity contribution in [3.8, 4) is 0 Å². The Hall–Kier alpha value is -1.38. The molecule has 0 amide bonds. The van der Waals surface area contributed by atoms with Crippen molar-refractivity contribution in [2.75, 3.05) is 6.54 Å². The molecule has 0 aliphatic heterocycles. The van der Waals surface area contributed by atoms with Crippen LogP contribution in [0.2, 0.25) is 0 Å². The molecule has 1 fully saturated rings. The molecule has 2 aromatic carbocycles. The SMILES string of the molecule is NCC1(C(N)c2ccc3ccccc3c2)CC1. The Labute approximate surface area is 102 Å². The van der Waals surface area contributed by atoms with Gasteiger partial charge in [-0.25, -0.2) is 0 Å². The largest absolute Gasteiger partial charge is 0.330 e. The molecular formula is C15H18N2. The first-order chi connectivity index (χ1) is 8.25. The molecule has 0 heterocycles. The zero-order valence-electron chi connectivity index (χ0n) is 9.89. The van der Waals surface area contributed by atoms with Crippen LogP contribution >= 0.6 is 0 Å². The highest BCUT2D eigenvalue weighted by atomic mass is 14.8. The Morgan fingerprint density at radius 3 is 2.41 bits per heavy atom. The third kappa shape index (κ3) is 1.74. The molecule has 0 aromatic heterocycles.